The predicted molar refractivity (Wildman–Crippen MR) is 269 cm³/mol. The van der Waals surface area contributed by atoms with E-state index < -0.39 is 0 Å². The van der Waals surface area contributed by atoms with Crippen molar-refractivity contribution in [3.8, 4) is 34.4 Å². The molecular weight excluding hydrogens is 811 g/mol. The lowest BCUT2D eigenvalue weighted by Gasteiger charge is -2.14. The molecule has 7 heteroatoms. The average molecular weight is 844 g/mol. The molecule has 0 bridgehead atoms. The molecule has 0 aliphatic rings. The molecule has 0 saturated carbocycles. The van der Waals surface area contributed by atoms with E-state index in [2.05, 4.69) is 173 Å². The Kier molecular flexibility index (Phi) is 7.10. The molecule has 10 aromatic carbocycles. The van der Waals surface area contributed by atoms with E-state index in [9.17, 15) is 0 Å². The van der Waals surface area contributed by atoms with Crippen molar-refractivity contribution in [3.05, 3.63) is 200 Å². The van der Waals surface area contributed by atoms with Crippen LogP contribution in [0.25, 0.3) is 143 Å². The van der Waals surface area contributed by atoms with Gasteiger partial charge in [0.25, 0.3) is 0 Å². The minimum Gasteiger partial charge on any atom is -0.455 e. The first kappa shape index (κ1) is 35.4. The summed E-state index contributed by atoms with van der Waals surface area (Å²) in [5.74, 6) is 1.53. The van der Waals surface area contributed by atoms with Crippen LogP contribution in [0.3, 0.4) is 0 Å². The molecule has 306 valence electrons. The van der Waals surface area contributed by atoms with Crippen molar-refractivity contribution in [3.63, 3.8) is 0 Å². The summed E-state index contributed by atoms with van der Waals surface area (Å²) < 4.78 is 18.2. The van der Waals surface area contributed by atoms with E-state index in [1.807, 2.05) is 36.4 Å². The van der Waals surface area contributed by atoms with Gasteiger partial charge < -0.3 is 13.4 Å². The van der Waals surface area contributed by atoms with Gasteiger partial charge in [0, 0.05) is 48.7 Å². The summed E-state index contributed by atoms with van der Waals surface area (Å²) in [6.45, 7) is 0. The van der Waals surface area contributed by atoms with Gasteiger partial charge >= 0.3 is 0 Å². The molecule has 0 saturated heterocycles. The van der Waals surface area contributed by atoms with Crippen LogP contribution in [0.1, 0.15) is 0 Å². The highest BCUT2D eigenvalue weighted by atomic mass is 16.3. The van der Waals surface area contributed by atoms with Gasteiger partial charge in [-0.15, -0.1) is 0 Å². The molecule has 0 aliphatic carbocycles. The van der Waals surface area contributed by atoms with Gasteiger partial charge in [0.05, 0.1) is 33.3 Å². The molecule has 0 unspecified atom stereocenters. The molecule has 15 rings (SSSR count). The first-order chi connectivity index (χ1) is 32.7. The molecule has 66 heavy (non-hydrogen) atoms. The van der Waals surface area contributed by atoms with Crippen LogP contribution >= 0.6 is 0 Å². The van der Waals surface area contributed by atoms with E-state index in [1.54, 1.807) is 0 Å². The van der Waals surface area contributed by atoms with E-state index >= 15 is 0 Å². The zero-order chi connectivity index (χ0) is 43.0. The fourth-order valence-electron chi connectivity index (χ4n) is 10.6. The van der Waals surface area contributed by atoms with Gasteiger partial charge in [-0.1, -0.05) is 133 Å². The SMILES string of the molecule is c1ccc2cc3c(cc2c1)c1cc2ccccc2cc1n3-c1ccc(-c2nc(-c3cccc4c3oc3ccccc34)nc(-n3c4ccccc4c4ccccc43)n2)c2c1oc1ccccc12. The van der Waals surface area contributed by atoms with Crippen molar-refractivity contribution in [2.75, 3.05) is 0 Å². The van der Waals surface area contributed by atoms with Crippen LogP contribution < -0.4 is 0 Å². The van der Waals surface area contributed by atoms with E-state index in [-0.39, 0.29) is 0 Å². The number of fused-ring (bicyclic) bond motifs is 14. The summed E-state index contributed by atoms with van der Waals surface area (Å²) in [7, 11) is 0. The summed E-state index contributed by atoms with van der Waals surface area (Å²) >= 11 is 0. The number of hydrogen-bond acceptors (Lipinski definition) is 5. The number of hydrogen-bond donors (Lipinski definition) is 0. The number of nitrogens with zero attached hydrogens (tertiary/aromatic N) is 5. The minimum absolute atomic E-state index is 0.506. The van der Waals surface area contributed by atoms with Crippen LogP contribution in [0.5, 0.6) is 0 Å². The van der Waals surface area contributed by atoms with Gasteiger partial charge in [-0.3, -0.25) is 4.57 Å². The highest BCUT2D eigenvalue weighted by molar-refractivity contribution is 6.20. The summed E-state index contributed by atoms with van der Waals surface area (Å²) in [5, 5.41) is 13.3. The van der Waals surface area contributed by atoms with Gasteiger partial charge in [-0.05, 0) is 88.3 Å². The molecule has 15 aromatic rings. The number of aromatic nitrogens is 5. The summed E-state index contributed by atoms with van der Waals surface area (Å²) in [6.07, 6.45) is 0. The van der Waals surface area contributed by atoms with Gasteiger partial charge in [-0.25, -0.2) is 4.98 Å². The van der Waals surface area contributed by atoms with Gasteiger partial charge in [0.15, 0.2) is 17.2 Å². The Bertz CT molecular complexity index is 4400. The van der Waals surface area contributed by atoms with Crippen molar-refractivity contribution in [1.82, 2.24) is 24.1 Å². The lowest BCUT2D eigenvalue weighted by atomic mass is 10.0. The molecule has 0 N–H and O–H groups in total. The lowest BCUT2D eigenvalue weighted by Crippen LogP contribution is -2.07. The maximum atomic E-state index is 7.05. The Labute approximate surface area is 375 Å². The van der Waals surface area contributed by atoms with Crippen molar-refractivity contribution < 1.29 is 8.83 Å². The van der Waals surface area contributed by atoms with Crippen molar-refractivity contribution in [2.45, 2.75) is 0 Å². The molecule has 0 fully saturated rings. The predicted octanol–water partition coefficient (Wildman–Crippen LogP) is 15.5. The van der Waals surface area contributed by atoms with Crippen molar-refractivity contribution >= 4 is 109 Å². The molecule has 5 heterocycles. The molecule has 0 atom stereocenters. The third kappa shape index (κ3) is 4.93. The highest BCUT2D eigenvalue weighted by Gasteiger charge is 2.25. The summed E-state index contributed by atoms with van der Waals surface area (Å²) in [4.78, 5) is 16.2. The Morgan fingerprint density at radius 3 is 1.47 bits per heavy atom. The third-order valence-corrected chi connectivity index (χ3v) is 13.5. The van der Waals surface area contributed by atoms with E-state index in [4.69, 9.17) is 23.8 Å². The summed E-state index contributed by atoms with van der Waals surface area (Å²) in [5.41, 5.74) is 9.81. The normalized spacial score (nSPS) is 12.2. The Morgan fingerprint density at radius 2 is 0.818 bits per heavy atom. The van der Waals surface area contributed by atoms with Crippen LogP contribution in [0.15, 0.2) is 209 Å². The zero-order valence-electron chi connectivity index (χ0n) is 35.1. The first-order valence-corrected chi connectivity index (χ1v) is 22.2. The van der Waals surface area contributed by atoms with Crippen LogP contribution in [0.2, 0.25) is 0 Å². The molecule has 0 aliphatic heterocycles. The Hall–Kier alpha value is -9.07. The quantitative estimate of drug-likeness (QED) is 0.176. The fraction of sp³-hybridized carbons (Fsp3) is 0. The van der Waals surface area contributed by atoms with Crippen LogP contribution in [-0.2, 0) is 0 Å². The second-order valence-electron chi connectivity index (χ2n) is 17.1. The Balaban J connectivity index is 1.06. The molecule has 0 radical (unpaired) electrons. The number of rotatable bonds is 4. The van der Waals surface area contributed by atoms with E-state index in [1.165, 1.54) is 32.3 Å². The van der Waals surface area contributed by atoms with Crippen molar-refractivity contribution in [2.24, 2.45) is 0 Å². The second kappa shape index (κ2) is 13.2. The van der Waals surface area contributed by atoms with Crippen LogP contribution in [-0.4, -0.2) is 24.1 Å². The molecule has 5 aromatic heterocycles. The van der Waals surface area contributed by atoms with Crippen molar-refractivity contribution in [1.29, 1.82) is 0 Å². The summed E-state index contributed by atoms with van der Waals surface area (Å²) in [6, 6.07) is 70.3. The number of para-hydroxylation sites is 5. The minimum atomic E-state index is 0.506. The standard InChI is InChI=1S/C59H33N5O2/c1-3-16-36-32-50-45(30-34(36)14-1)46-31-35-15-2-4-17-37(35)33-51(46)63(50)49-29-28-43(54-42-21-8-12-27-53(42)66-56(49)54)57-60-58(44-23-13-22-41-40-20-7-11-26-52(40)65-55(41)44)62-59(61-57)64-47-24-9-5-18-38(47)39-19-6-10-25-48(39)64/h1-33H. The highest BCUT2D eigenvalue weighted by Crippen LogP contribution is 2.44. The first-order valence-electron chi connectivity index (χ1n) is 22.2. The zero-order valence-corrected chi connectivity index (χ0v) is 35.1. The topological polar surface area (TPSA) is 74.8 Å². The fourth-order valence-corrected chi connectivity index (χ4v) is 10.6. The lowest BCUT2D eigenvalue weighted by molar-refractivity contribution is 0.666. The molecular formula is C59H33N5O2. The Morgan fingerprint density at radius 1 is 0.318 bits per heavy atom. The largest absolute Gasteiger partial charge is 0.455 e. The van der Waals surface area contributed by atoms with Crippen LogP contribution in [0, 0.1) is 0 Å². The molecule has 0 amide bonds. The van der Waals surface area contributed by atoms with Gasteiger partial charge in [0.2, 0.25) is 5.95 Å². The number of benzene rings is 10. The second-order valence-corrected chi connectivity index (χ2v) is 17.1. The van der Waals surface area contributed by atoms with Crippen LogP contribution in [0.4, 0.5) is 0 Å². The molecule has 7 nitrogen and oxygen atoms in total. The molecule has 0 spiro atoms. The van der Waals surface area contributed by atoms with Gasteiger partial charge in [0.1, 0.15) is 16.7 Å². The number of furan rings is 2. The maximum absolute atomic E-state index is 7.05. The van der Waals surface area contributed by atoms with E-state index in [0.717, 1.165) is 93.5 Å². The maximum Gasteiger partial charge on any atom is 0.238 e. The monoisotopic (exact) mass is 843 g/mol. The third-order valence-electron chi connectivity index (χ3n) is 13.5. The van der Waals surface area contributed by atoms with Gasteiger partial charge in [-0.2, -0.15) is 9.97 Å². The smallest absolute Gasteiger partial charge is 0.238 e. The average Bonchev–Trinajstić information content (AvgIpc) is 4.13. The van der Waals surface area contributed by atoms with E-state index in [0.29, 0.717) is 17.6 Å².